The molecule has 1 aromatic carbocycles. The lowest BCUT2D eigenvalue weighted by Gasteiger charge is -1.98. The van der Waals surface area contributed by atoms with E-state index in [1.54, 1.807) is 6.21 Å². The Morgan fingerprint density at radius 1 is 1.22 bits per heavy atom. The average molecular weight is 324 g/mol. The summed E-state index contributed by atoms with van der Waals surface area (Å²) in [6, 6.07) is 14.4. The first kappa shape index (κ1) is 15.3. The van der Waals surface area contributed by atoms with Crippen molar-refractivity contribution in [2.24, 2.45) is 23.0 Å². The van der Waals surface area contributed by atoms with E-state index in [0.29, 0.717) is 5.17 Å². The van der Waals surface area contributed by atoms with Crippen LogP contribution in [-0.4, -0.2) is 22.2 Å². The number of rotatable bonds is 3. The number of aromatic nitrogens is 2. The van der Waals surface area contributed by atoms with Crippen LogP contribution in [0.4, 0.5) is 0 Å². The number of benzene rings is 1. The van der Waals surface area contributed by atoms with Gasteiger partial charge in [0.05, 0.1) is 19.5 Å². The largest absolute Gasteiger partial charge is 0.377 e. The lowest BCUT2D eigenvalue weighted by atomic mass is 10.1. The van der Waals surface area contributed by atoms with E-state index in [0.717, 1.165) is 22.5 Å². The van der Waals surface area contributed by atoms with Crippen molar-refractivity contribution in [3.8, 4) is 11.3 Å². The van der Waals surface area contributed by atoms with Crippen molar-refractivity contribution < 1.29 is 4.40 Å². The Morgan fingerprint density at radius 2 is 2.00 bits per heavy atom. The summed E-state index contributed by atoms with van der Waals surface area (Å²) in [6.45, 7) is 0. The van der Waals surface area contributed by atoms with Crippen molar-refractivity contribution in [2.75, 3.05) is 6.26 Å². The Hall–Kier alpha value is -2.60. The molecule has 0 radical (unpaired) electrons. The Labute approximate surface area is 139 Å². The highest BCUT2D eigenvalue weighted by molar-refractivity contribution is 8.13. The molecule has 0 aliphatic heterocycles. The maximum absolute atomic E-state index is 5.58. The zero-order valence-electron chi connectivity index (χ0n) is 13.0. The molecule has 6 heteroatoms. The predicted octanol–water partition coefficient (Wildman–Crippen LogP) is 2.44. The highest BCUT2D eigenvalue weighted by Crippen LogP contribution is 2.19. The van der Waals surface area contributed by atoms with E-state index in [9.17, 15) is 0 Å². The van der Waals surface area contributed by atoms with Crippen LogP contribution in [0.2, 0.25) is 0 Å². The number of pyridine rings is 1. The molecule has 0 aliphatic carbocycles. The lowest BCUT2D eigenvalue weighted by molar-refractivity contribution is -0.510. The zero-order valence-corrected chi connectivity index (χ0v) is 13.9. The van der Waals surface area contributed by atoms with Gasteiger partial charge in [-0.25, -0.2) is 8.97 Å². The Bertz CT molecular complexity index is 878. The highest BCUT2D eigenvalue weighted by atomic mass is 32.2. The monoisotopic (exact) mass is 324 g/mol. The Kier molecular flexibility index (Phi) is 4.43. The molecule has 0 saturated carbocycles. The number of aryl methyl sites for hydroxylation is 1. The van der Waals surface area contributed by atoms with Crippen LogP contribution in [0.5, 0.6) is 0 Å². The van der Waals surface area contributed by atoms with Crippen molar-refractivity contribution >= 4 is 28.8 Å². The number of thioether (sulfide) groups is 1. The number of imidazole rings is 1. The van der Waals surface area contributed by atoms with Gasteiger partial charge < -0.3 is 5.73 Å². The molecule has 0 amide bonds. The van der Waals surface area contributed by atoms with Crippen molar-refractivity contribution in [2.45, 2.75) is 0 Å². The smallest absolute Gasteiger partial charge is 0.286 e. The molecule has 116 valence electrons. The summed E-state index contributed by atoms with van der Waals surface area (Å²) in [5.41, 5.74) is 10.0. The molecular weight excluding hydrogens is 306 g/mol. The van der Waals surface area contributed by atoms with Gasteiger partial charge in [-0.2, -0.15) is 5.10 Å². The first-order chi connectivity index (χ1) is 11.2. The Balaban J connectivity index is 1.88. The molecule has 0 bridgehead atoms. The highest BCUT2D eigenvalue weighted by Gasteiger charge is 2.14. The number of nitrogens with zero attached hydrogens (tertiary/aromatic N) is 4. The van der Waals surface area contributed by atoms with Crippen LogP contribution in [0.15, 0.2) is 65.1 Å². The molecule has 2 heterocycles. The van der Waals surface area contributed by atoms with E-state index in [-0.39, 0.29) is 0 Å². The van der Waals surface area contributed by atoms with Crippen molar-refractivity contribution in [3.63, 3.8) is 0 Å². The summed E-state index contributed by atoms with van der Waals surface area (Å²) >= 11 is 1.37. The van der Waals surface area contributed by atoms with Gasteiger partial charge in [0, 0.05) is 11.6 Å². The summed E-state index contributed by atoms with van der Waals surface area (Å²) in [7, 11) is 2.07. The molecule has 3 rings (SSSR count). The summed E-state index contributed by atoms with van der Waals surface area (Å²) < 4.78 is 4.29. The molecule has 2 N–H and O–H groups in total. The van der Waals surface area contributed by atoms with Crippen LogP contribution in [-0.2, 0) is 7.05 Å². The zero-order chi connectivity index (χ0) is 16.2. The number of nitrogens with two attached hydrogens (primary N) is 1. The van der Waals surface area contributed by atoms with Gasteiger partial charge in [-0.05, 0) is 30.0 Å². The third-order valence-corrected chi connectivity index (χ3v) is 4.11. The molecule has 0 unspecified atom stereocenters. The summed E-state index contributed by atoms with van der Waals surface area (Å²) in [5, 5.41) is 8.31. The molecule has 0 saturated heterocycles. The third kappa shape index (κ3) is 3.27. The van der Waals surface area contributed by atoms with Gasteiger partial charge in [0.25, 0.3) is 5.65 Å². The lowest BCUT2D eigenvalue weighted by Crippen LogP contribution is -2.17. The van der Waals surface area contributed by atoms with Gasteiger partial charge >= 0.3 is 0 Å². The minimum absolute atomic E-state index is 0.449. The first-order valence-corrected chi connectivity index (χ1v) is 8.38. The standard InChI is InChI=1S/C17H18N5S/c1-21-15(12-22-10-4-3-5-16(21)22)14-8-6-13(7-9-14)11-19-20-17(18)23-2/h3-12H,1-2H3,(H2,18,20)/q+1/b19-11+. The molecular formula is C17H18N5S+. The second kappa shape index (κ2) is 6.66. The fraction of sp³-hybridized carbons (Fsp3) is 0.118. The number of fused-ring (bicyclic) bond motifs is 1. The van der Waals surface area contributed by atoms with Crippen molar-refractivity contribution in [1.82, 2.24) is 4.57 Å². The maximum atomic E-state index is 5.58. The first-order valence-electron chi connectivity index (χ1n) is 7.15. The van der Waals surface area contributed by atoms with Crippen LogP contribution in [0, 0.1) is 0 Å². The quantitative estimate of drug-likeness (QED) is 0.348. The van der Waals surface area contributed by atoms with Gasteiger partial charge in [0.1, 0.15) is 6.20 Å². The average Bonchev–Trinajstić information content (AvgIpc) is 2.93. The minimum atomic E-state index is 0.449. The SMILES string of the molecule is CS/C(N)=N/N=C/c1ccc(-c2c[n+]3ccccc3n2C)cc1. The summed E-state index contributed by atoms with van der Waals surface area (Å²) in [4.78, 5) is 0. The van der Waals surface area contributed by atoms with E-state index >= 15 is 0 Å². The van der Waals surface area contributed by atoms with Gasteiger partial charge in [0.2, 0.25) is 0 Å². The van der Waals surface area contributed by atoms with Crippen LogP contribution in [0.1, 0.15) is 5.56 Å². The molecule has 0 spiro atoms. The van der Waals surface area contributed by atoms with Crippen molar-refractivity contribution in [1.29, 1.82) is 0 Å². The normalized spacial score (nSPS) is 12.3. The van der Waals surface area contributed by atoms with Crippen LogP contribution in [0.3, 0.4) is 0 Å². The Morgan fingerprint density at radius 3 is 2.70 bits per heavy atom. The molecule has 0 atom stereocenters. The predicted molar refractivity (Wildman–Crippen MR) is 96.7 cm³/mol. The summed E-state index contributed by atoms with van der Waals surface area (Å²) in [6.07, 6.45) is 7.74. The second-order valence-electron chi connectivity index (χ2n) is 5.05. The van der Waals surface area contributed by atoms with Gasteiger partial charge in [-0.15, -0.1) is 5.10 Å². The minimum Gasteiger partial charge on any atom is -0.377 e. The summed E-state index contributed by atoms with van der Waals surface area (Å²) in [5.74, 6) is 0. The van der Waals surface area contributed by atoms with Crippen LogP contribution >= 0.6 is 11.8 Å². The van der Waals surface area contributed by atoms with Gasteiger partial charge in [-0.3, -0.25) is 0 Å². The number of amidine groups is 1. The number of hydrogen-bond acceptors (Lipinski definition) is 3. The molecule has 23 heavy (non-hydrogen) atoms. The molecule has 3 aromatic rings. The van der Waals surface area contributed by atoms with E-state index in [4.69, 9.17) is 5.73 Å². The van der Waals surface area contributed by atoms with Crippen LogP contribution in [0.25, 0.3) is 16.9 Å². The van der Waals surface area contributed by atoms with Crippen LogP contribution < -0.4 is 10.1 Å². The van der Waals surface area contributed by atoms with E-state index in [1.807, 2.05) is 36.7 Å². The molecule has 5 nitrogen and oxygen atoms in total. The third-order valence-electron chi connectivity index (χ3n) is 3.61. The van der Waals surface area contributed by atoms with Gasteiger partial charge in [0.15, 0.2) is 10.9 Å². The maximum Gasteiger partial charge on any atom is 0.286 e. The van der Waals surface area contributed by atoms with E-state index in [1.165, 1.54) is 11.8 Å². The number of hydrogen-bond donors (Lipinski definition) is 1. The fourth-order valence-electron chi connectivity index (χ4n) is 2.38. The van der Waals surface area contributed by atoms with Gasteiger partial charge in [-0.1, -0.05) is 30.0 Å². The fourth-order valence-corrected chi connectivity index (χ4v) is 2.51. The van der Waals surface area contributed by atoms with E-state index < -0.39 is 0 Å². The van der Waals surface area contributed by atoms with Crippen molar-refractivity contribution in [3.05, 3.63) is 60.4 Å². The van der Waals surface area contributed by atoms with E-state index in [2.05, 4.69) is 50.6 Å². The molecule has 0 aliphatic rings. The molecule has 2 aromatic heterocycles. The topological polar surface area (TPSA) is 59.8 Å². The second-order valence-corrected chi connectivity index (χ2v) is 5.87. The molecule has 0 fully saturated rings.